The van der Waals surface area contributed by atoms with E-state index in [1.807, 2.05) is 4.72 Å². The van der Waals surface area contributed by atoms with Gasteiger partial charge in [0.15, 0.2) is 11.5 Å². The van der Waals surface area contributed by atoms with Crippen LogP contribution in [0.25, 0.3) is 11.5 Å². The molecular weight excluding hydrogens is 353 g/mol. The van der Waals surface area contributed by atoms with Gasteiger partial charge in [-0.3, -0.25) is 9.52 Å². The second-order valence-corrected chi connectivity index (χ2v) is 6.83. The van der Waals surface area contributed by atoms with Gasteiger partial charge in [-0.15, -0.1) is 0 Å². The lowest BCUT2D eigenvalue weighted by atomic mass is 10.2. The Hall–Kier alpha value is -3.14. The summed E-state index contributed by atoms with van der Waals surface area (Å²) in [6.07, 6.45) is 2.34. The smallest absolute Gasteiger partial charge is 0.277 e. The Kier molecular flexibility index (Phi) is 4.28. The van der Waals surface area contributed by atoms with E-state index in [0.717, 1.165) is 18.4 Å². The summed E-state index contributed by atoms with van der Waals surface area (Å²) in [5.74, 6) is -0.704. The SMILES string of the molecule is CS(=O)(=O)Nc1cc(NC(=O)c2cc(-c3ccco3)on2)ccc1F. The van der Waals surface area contributed by atoms with Crippen LogP contribution in [-0.2, 0) is 10.0 Å². The highest BCUT2D eigenvalue weighted by Gasteiger charge is 2.16. The standard InChI is InChI=1S/C15H12FN3O5S/c1-25(21,22)19-11-7-9(4-5-10(11)16)17-15(20)12-8-14(24-18-12)13-3-2-6-23-13/h2-8,19H,1H3,(H,17,20). The van der Waals surface area contributed by atoms with E-state index in [9.17, 15) is 17.6 Å². The number of furan rings is 1. The molecule has 0 atom stereocenters. The lowest BCUT2D eigenvalue weighted by molar-refractivity contribution is 0.101. The maximum atomic E-state index is 13.6. The van der Waals surface area contributed by atoms with Gasteiger partial charge in [-0.25, -0.2) is 12.8 Å². The summed E-state index contributed by atoms with van der Waals surface area (Å²) in [5, 5.41) is 6.11. The number of hydrogen-bond acceptors (Lipinski definition) is 6. The second-order valence-electron chi connectivity index (χ2n) is 5.08. The van der Waals surface area contributed by atoms with Gasteiger partial charge in [0.05, 0.1) is 18.2 Å². The first-order valence-corrected chi connectivity index (χ1v) is 8.80. The van der Waals surface area contributed by atoms with E-state index >= 15 is 0 Å². The highest BCUT2D eigenvalue weighted by molar-refractivity contribution is 7.92. The Morgan fingerprint density at radius 2 is 2.00 bits per heavy atom. The monoisotopic (exact) mass is 365 g/mol. The van der Waals surface area contributed by atoms with Crippen LogP contribution in [-0.4, -0.2) is 25.7 Å². The quantitative estimate of drug-likeness (QED) is 0.718. The van der Waals surface area contributed by atoms with Gasteiger partial charge in [-0.1, -0.05) is 5.16 Å². The van der Waals surface area contributed by atoms with Crippen LogP contribution in [0.4, 0.5) is 15.8 Å². The number of benzene rings is 1. The number of rotatable bonds is 5. The molecule has 0 aliphatic heterocycles. The molecule has 2 N–H and O–H groups in total. The van der Waals surface area contributed by atoms with Gasteiger partial charge in [0.2, 0.25) is 15.8 Å². The molecule has 2 heterocycles. The molecule has 0 aliphatic carbocycles. The molecule has 1 amide bonds. The van der Waals surface area contributed by atoms with Crippen LogP contribution in [0.3, 0.4) is 0 Å². The highest BCUT2D eigenvalue weighted by Crippen LogP contribution is 2.23. The summed E-state index contributed by atoms with van der Waals surface area (Å²) in [7, 11) is -3.66. The summed E-state index contributed by atoms with van der Waals surface area (Å²) >= 11 is 0. The summed E-state index contributed by atoms with van der Waals surface area (Å²) in [6.45, 7) is 0. The lowest BCUT2D eigenvalue weighted by Crippen LogP contribution is -2.14. The topological polar surface area (TPSA) is 114 Å². The van der Waals surface area contributed by atoms with Gasteiger partial charge in [0, 0.05) is 11.8 Å². The number of hydrogen-bond donors (Lipinski definition) is 2. The van der Waals surface area contributed by atoms with Gasteiger partial charge in [0.25, 0.3) is 5.91 Å². The fraction of sp³-hybridized carbons (Fsp3) is 0.0667. The maximum absolute atomic E-state index is 13.6. The van der Waals surface area contributed by atoms with E-state index in [1.54, 1.807) is 12.1 Å². The zero-order valence-corrected chi connectivity index (χ0v) is 13.6. The number of halogens is 1. The lowest BCUT2D eigenvalue weighted by Gasteiger charge is -2.08. The third kappa shape index (κ3) is 4.04. The van der Waals surface area contributed by atoms with Gasteiger partial charge >= 0.3 is 0 Å². The van der Waals surface area contributed by atoms with Crippen LogP contribution in [0.5, 0.6) is 0 Å². The molecule has 0 saturated carbocycles. The van der Waals surface area contributed by atoms with Crippen LogP contribution >= 0.6 is 0 Å². The molecule has 3 rings (SSSR count). The Morgan fingerprint density at radius 1 is 1.20 bits per heavy atom. The van der Waals surface area contributed by atoms with Crippen LogP contribution in [0, 0.1) is 5.82 Å². The van der Waals surface area contributed by atoms with Crippen molar-refractivity contribution in [1.82, 2.24) is 5.16 Å². The minimum absolute atomic E-state index is 0.0200. The molecule has 0 unspecified atom stereocenters. The minimum Gasteiger partial charge on any atom is -0.461 e. The minimum atomic E-state index is -3.66. The molecule has 3 aromatic rings. The van der Waals surface area contributed by atoms with E-state index in [-0.39, 0.29) is 22.8 Å². The van der Waals surface area contributed by atoms with Crippen LogP contribution in [0.1, 0.15) is 10.5 Å². The van der Waals surface area contributed by atoms with E-state index in [4.69, 9.17) is 8.94 Å². The predicted octanol–water partition coefficient (Wildman–Crippen LogP) is 2.70. The van der Waals surface area contributed by atoms with E-state index in [2.05, 4.69) is 10.5 Å². The third-order valence-electron chi connectivity index (χ3n) is 3.03. The van der Waals surface area contributed by atoms with Crippen LogP contribution in [0.15, 0.2) is 51.6 Å². The van der Waals surface area contributed by atoms with Gasteiger partial charge in [0.1, 0.15) is 5.82 Å². The van der Waals surface area contributed by atoms with Crippen molar-refractivity contribution < 1.29 is 26.5 Å². The fourth-order valence-electron chi connectivity index (χ4n) is 1.99. The molecule has 0 fully saturated rings. The summed E-state index contributed by atoms with van der Waals surface area (Å²) in [4.78, 5) is 12.2. The number of aromatic nitrogens is 1. The predicted molar refractivity (Wildman–Crippen MR) is 87.0 cm³/mol. The zero-order valence-electron chi connectivity index (χ0n) is 12.8. The average Bonchev–Trinajstić information content (AvgIpc) is 3.19. The molecule has 0 saturated heterocycles. The molecule has 0 spiro atoms. The molecule has 10 heteroatoms. The molecule has 0 bridgehead atoms. The average molecular weight is 365 g/mol. The normalized spacial score (nSPS) is 11.3. The van der Waals surface area contributed by atoms with E-state index < -0.39 is 21.7 Å². The number of carbonyl (C=O) groups is 1. The first-order chi connectivity index (χ1) is 11.8. The first-order valence-electron chi connectivity index (χ1n) is 6.91. The van der Waals surface area contributed by atoms with Crippen molar-refractivity contribution in [3.05, 3.63) is 54.2 Å². The Bertz CT molecular complexity index is 1010. The van der Waals surface area contributed by atoms with Gasteiger partial charge in [-0.2, -0.15) is 0 Å². The van der Waals surface area contributed by atoms with Crippen molar-refractivity contribution in [2.24, 2.45) is 0 Å². The molecule has 2 aromatic heterocycles. The van der Waals surface area contributed by atoms with E-state index in [0.29, 0.717) is 5.76 Å². The number of nitrogens with one attached hydrogen (secondary N) is 2. The zero-order chi connectivity index (χ0) is 18.0. The maximum Gasteiger partial charge on any atom is 0.277 e. The molecular formula is C15H12FN3O5S. The molecule has 0 radical (unpaired) electrons. The highest BCUT2D eigenvalue weighted by atomic mass is 32.2. The molecule has 1 aromatic carbocycles. The first kappa shape index (κ1) is 16.7. The summed E-state index contributed by atoms with van der Waals surface area (Å²) in [5.41, 5.74) is -0.120. The Labute approximate surface area is 141 Å². The van der Waals surface area contributed by atoms with Crippen molar-refractivity contribution in [3.8, 4) is 11.5 Å². The van der Waals surface area contributed by atoms with E-state index in [1.165, 1.54) is 18.4 Å². The summed E-state index contributed by atoms with van der Waals surface area (Å²) in [6, 6.07) is 8.15. The summed E-state index contributed by atoms with van der Waals surface area (Å²) < 4.78 is 48.3. The Morgan fingerprint density at radius 3 is 2.68 bits per heavy atom. The fourth-order valence-corrected chi connectivity index (χ4v) is 2.55. The molecule has 0 aliphatic rings. The van der Waals surface area contributed by atoms with Crippen LogP contribution in [0.2, 0.25) is 0 Å². The van der Waals surface area contributed by atoms with Crippen molar-refractivity contribution in [2.45, 2.75) is 0 Å². The number of nitrogens with zero attached hydrogens (tertiary/aromatic N) is 1. The number of carbonyl (C=O) groups excluding carboxylic acids is 1. The van der Waals surface area contributed by atoms with Crippen molar-refractivity contribution >= 4 is 27.3 Å². The number of amides is 1. The molecule has 8 nitrogen and oxygen atoms in total. The molecule has 130 valence electrons. The van der Waals surface area contributed by atoms with Gasteiger partial charge in [-0.05, 0) is 30.3 Å². The third-order valence-corrected chi connectivity index (χ3v) is 3.62. The second kappa shape index (κ2) is 6.40. The van der Waals surface area contributed by atoms with Crippen molar-refractivity contribution in [3.63, 3.8) is 0 Å². The largest absolute Gasteiger partial charge is 0.461 e. The number of anilines is 2. The van der Waals surface area contributed by atoms with Crippen molar-refractivity contribution in [2.75, 3.05) is 16.3 Å². The number of sulfonamides is 1. The molecule has 25 heavy (non-hydrogen) atoms. The van der Waals surface area contributed by atoms with Crippen molar-refractivity contribution in [1.29, 1.82) is 0 Å². The van der Waals surface area contributed by atoms with Crippen LogP contribution < -0.4 is 10.0 Å². The Balaban J connectivity index is 1.78. The van der Waals surface area contributed by atoms with Gasteiger partial charge < -0.3 is 14.3 Å².